The number of benzene rings is 2. The molecule has 0 aliphatic heterocycles. The van der Waals surface area contributed by atoms with E-state index in [2.05, 4.69) is 10.3 Å². The summed E-state index contributed by atoms with van der Waals surface area (Å²) in [5, 5.41) is 4.24. The highest BCUT2D eigenvalue weighted by Crippen LogP contribution is 2.19. The zero-order valence-corrected chi connectivity index (χ0v) is 15.2. The highest BCUT2D eigenvalue weighted by atomic mass is 32.1. The van der Waals surface area contributed by atoms with Crippen LogP contribution in [0.1, 0.15) is 10.4 Å². The first-order chi connectivity index (χ1) is 13.0. The number of para-hydroxylation sites is 2. The summed E-state index contributed by atoms with van der Waals surface area (Å²) in [6.07, 6.45) is 1.80. The number of rotatable bonds is 5. The van der Waals surface area contributed by atoms with Crippen molar-refractivity contribution in [3.05, 3.63) is 76.3 Å². The fraction of sp³-hybridized carbons (Fsp3) is 0.105. The average Bonchev–Trinajstić information content (AvgIpc) is 3.07. The number of halogens is 1. The van der Waals surface area contributed by atoms with Gasteiger partial charge in [0.25, 0.3) is 11.8 Å². The molecule has 0 fully saturated rings. The van der Waals surface area contributed by atoms with Crippen molar-refractivity contribution in [1.29, 1.82) is 0 Å². The average molecular weight is 385 g/mol. The molecule has 1 heterocycles. The van der Waals surface area contributed by atoms with E-state index < -0.39 is 17.6 Å². The van der Waals surface area contributed by atoms with Crippen molar-refractivity contribution in [1.82, 2.24) is 4.57 Å². The van der Waals surface area contributed by atoms with E-state index in [9.17, 15) is 14.0 Å². The normalized spacial score (nSPS) is 11.3. The molecule has 3 aromatic rings. The molecule has 0 aliphatic rings. The Morgan fingerprint density at radius 1 is 1.19 bits per heavy atom. The molecule has 3 rings (SSSR count). The lowest BCUT2D eigenvalue weighted by molar-refractivity contribution is -0.118. The van der Waals surface area contributed by atoms with E-state index in [0.717, 1.165) is 0 Å². The minimum absolute atomic E-state index is 0.0654. The lowest BCUT2D eigenvalue weighted by Gasteiger charge is -2.10. The van der Waals surface area contributed by atoms with Crippen molar-refractivity contribution >= 4 is 28.8 Å². The molecule has 0 aliphatic carbocycles. The van der Waals surface area contributed by atoms with Crippen LogP contribution in [0.3, 0.4) is 0 Å². The van der Waals surface area contributed by atoms with Gasteiger partial charge in [0.1, 0.15) is 11.6 Å². The summed E-state index contributed by atoms with van der Waals surface area (Å²) in [7, 11) is 1.79. The summed E-state index contributed by atoms with van der Waals surface area (Å²) in [6, 6.07) is 12.4. The van der Waals surface area contributed by atoms with Gasteiger partial charge in [-0.1, -0.05) is 24.3 Å². The van der Waals surface area contributed by atoms with Gasteiger partial charge in [-0.2, -0.15) is 4.99 Å². The maximum absolute atomic E-state index is 13.6. The van der Waals surface area contributed by atoms with Gasteiger partial charge in [-0.25, -0.2) is 4.39 Å². The van der Waals surface area contributed by atoms with Crippen molar-refractivity contribution in [3.8, 4) is 5.75 Å². The van der Waals surface area contributed by atoms with E-state index in [1.165, 1.54) is 29.5 Å². The predicted octanol–water partition coefficient (Wildman–Crippen LogP) is 2.98. The molecule has 0 atom stereocenters. The van der Waals surface area contributed by atoms with E-state index in [1.54, 1.807) is 48.1 Å². The second-order valence-corrected chi connectivity index (χ2v) is 6.40. The van der Waals surface area contributed by atoms with Gasteiger partial charge in [-0.05, 0) is 24.3 Å². The third-order valence-electron chi connectivity index (χ3n) is 3.58. The minimum atomic E-state index is -0.538. The molecule has 1 N–H and O–H groups in total. The minimum Gasteiger partial charge on any atom is -0.483 e. The van der Waals surface area contributed by atoms with Gasteiger partial charge in [0.2, 0.25) is 0 Å². The molecule has 2 amide bonds. The first kappa shape index (κ1) is 18.5. The number of carbonyl (C=O) groups excluding carboxylic acids is 2. The Hall–Kier alpha value is -3.26. The molecule has 2 aromatic carbocycles. The molecule has 138 valence electrons. The zero-order chi connectivity index (χ0) is 19.2. The summed E-state index contributed by atoms with van der Waals surface area (Å²) in [5.41, 5.74) is 0.306. The van der Waals surface area contributed by atoms with Gasteiger partial charge in [0.15, 0.2) is 11.4 Å². The number of hydrogen-bond acceptors (Lipinski definition) is 4. The van der Waals surface area contributed by atoms with Crippen molar-refractivity contribution in [2.24, 2.45) is 12.0 Å². The van der Waals surface area contributed by atoms with Crippen LogP contribution in [-0.4, -0.2) is 23.0 Å². The number of aromatic nitrogens is 1. The summed E-state index contributed by atoms with van der Waals surface area (Å²) in [5.74, 6) is -1.32. The molecule has 0 saturated heterocycles. The first-order valence-corrected chi connectivity index (χ1v) is 8.88. The van der Waals surface area contributed by atoms with Gasteiger partial charge in [0, 0.05) is 18.6 Å². The Morgan fingerprint density at radius 2 is 1.93 bits per heavy atom. The van der Waals surface area contributed by atoms with Crippen LogP contribution in [0.4, 0.5) is 10.1 Å². The molecule has 0 spiro atoms. The third kappa shape index (κ3) is 4.68. The topological polar surface area (TPSA) is 72.7 Å². The van der Waals surface area contributed by atoms with Gasteiger partial charge < -0.3 is 14.6 Å². The Morgan fingerprint density at radius 3 is 2.67 bits per heavy atom. The van der Waals surface area contributed by atoms with E-state index in [-0.39, 0.29) is 23.6 Å². The number of amides is 2. The fourth-order valence-electron chi connectivity index (χ4n) is 2.24. The van der Waals surface area contributed by atoms with Crippen LogP contribution in [0.2, 0.25) is 0 Å². The summed E-state index contributed by atoms with van der Waals surface area (Å²) < 4.78 is 20.8. The largest absolute Gasteiger partial charge is 0.483 e. The van der Waals surface area contributed by atoms with Gasteiger partial charge in [-0.15, -0.1) is 11.3 Å². The van der Waals surface area contributed by atoms with Crippen molar-refractivity contribution in [3.63, 3.8) is 0 Å². The molecule has 0 radical (unpaired) electrons. The van der Waals surface area contributed by atoms with Gasteiger partial charge in [-0.3, -0.25) is 9.59 Å². The molecular formula is C19H16FN3O3S. The van der Waals surface area contributed by atoms with Crippen LogP contribution in [0, 0.1) is 5.82 Å². The van der Waals surface area contributed by atoms with Gasteiger partial charge in [0.05, 0.1) is 11.3 Å². The summed E-state index contributed by atoms with van der Waals surface area (Å²) in [6.45, 7) is -0.370. The number of nitrogens with zero attached hydrogens (tertiary/aromatic N) is 2. The quantitative estimate of drug-likeness (QED) is 0.734. The number of hydrogen-bond donors (Lipinski definition) is 1. The second-order valence-electron chi connectivity index (χ2n) is 5.53. The number of aryl methyl sites for hydroxylation is 1. The lowest BCUT2D eigenvalue weighted by Crippen LogP contribution is -2.21. The van der Waals surface area contributed by atoms with Crippen molar-refractivity contribution in [2.75, 3.05) is 11.9 Å². The van der Waals surface area contributed by atoms with Crippen molar-refractivity contribution < 1.29 is 18.7 Å². The molecule has 8 heteroatoms. The molecular weight excluding hydrogens is 369 g/mol. The SMILES string of the molecule is Cn1ccsc1=NC(=O)c1ccccc1OCC(=O)Nc1ccccc1F. The third-order valence-corrected chi connectivity index (χ3v) is 4.43. The fourth-order valence-corrected chi connectivity index (χ4v) is 2.97. The van der Waals surface area contributed by atoms with Crippen LogP contribution < -0.4 is 14.9 Å². The number of nitrogens with one attached hydrogen (secondary N) is 1. The van der Waals surface area contributed by atoms with E-state index >= 15 is 0 Å². The zero-order valence-electron chi connectivity index (χ0n) is 14.4. The predicted molar refractivity (Wildman–Crippen MR) is 100 cm³/mol. The summed E-state index contributed by atoms with van der Waals surface area (Å²) >= 11 is 1.33. The van der Waals surface area contributed by atoms with Crippen LogP contribution >= 0.6 is 11.3 Å². The Bertz CT molecular complexity index is 1040. The molecule has 1 aromatic heterocycles. The molecule has 27 heavy (non-hydrogen) atoms. The van der Waals surface area contributed by atoms with Crippen LogP contribution in [0.25, 0.3) is 0 Å². The van der Waals surface area contributed by atoms with Crippen LogP contribution in [-0.2, 0) is 11.8 Å². The number of thiazole rings is 1. The molecule has 0 saturated carbocycles. The van der Waals surface area contributed by atoms with Crippen molar-refractivity contribution in [2.45, 2.75) is 0 Å². The number of carbonyl (C=O) groups is 2. The van der Waals surface area contributed by atoms with E-state index in [1.807, 2.05) is 5.38 Å². The Balaban J connectivity index is 1.71. The molecule has 0 bridgehead atoms. The Labute approximate surface area is 158 Å². The highest BCUT2D eigenvalue weighted by Gasteiger charge is 2.13. The summed E-state index contributed by atoms with van der Waals surface area (Å²) in [4.78, 5) is 29.1. The first-order valence-electron chi connectivity index (χ1n) is 8.00. The lowest BCUT2D eigenvalue weighted by atomic mass is 10.2. The highest BCUT2D eigenvalue weighted by molar-refractivity contribution is 7.07. The monoisotopic (exact) mass is 385 g/mol. The number of anilines is 1. The molecule has 0 unspecified atom stereocenters. The van der Waals surface area contributed by atoms with E-state index in [4.69, 9.17) is 4.74 Å². The molecule has 6 nitrogen and oxygen atoms in total. The Kier molecular flexibility index (Phi) is 5.77. The maximum Gasteiger partial charge on any atom is 0.283 e. The van der Waals surface area contributed by atoms with Crippen LogP contribution in [0.15, 0.2) is 65.1 Å². The smallest absolute Gasteiger partial charge is 0.283 e. The van der Waals surface area contributed by atoms with Gasteiger partial charge >= 0.3 is 0 Å². The standard InChI is InChI=1S/C19H16FN3O3S/c1-23-10-11-27-19(23)22-18(25)13-6-2-5-9-16(13)26-12-17(24)21-15-8-4-3-7-14(15)20/h2-11H,12H2,1H3,(H,21,24). The maximum atomic E-state index is 13.6. The van der Waals surface area contributed by atoms with E-state index in [0.29, 0.717) is 4.80 Å². The number of ether oxygens (including phenoxy) is 1. The second kappa shape index (κ2) is 8.41. The van der Waals surface area contributed by atoms with Crippen LogP contribution in [0.5, 0.6) is 5.75 Å².